The zero-order chi connectivity index (χ0) is 33.6. The van der Waals surface area contributed by atoms with Crippen molar-refractivity contribution in [3.63, 3.8) is 0 Å². The van der Waals surface area contributed by atoms with Crippen LogP contribution in [-0.2, 0) is 36.8 Å². The first kappa shape index (κ1) is 35.7. The lowest BCUT2D eigenvalue weighted by Crippen LogP contribution is -2.58. The third-order valence-corrected chi connectivity index (χ3v) is 7.42. The molecule has 0 bridgehead atoms. The van der Waals surface area contributed by atoms with Gasteiger partial charge in [-0.1, -0.05) is 50.3 Å². The Morgan fingerprint density at radius 3 is 2.48 bits per heavy atom. The lowest BCUT2D eigenvalue weighted by molar-refractivity contribution is -0.144. The molecule has 2 aromatic carbocycles. The summed E-state index contributed by atoms with van der Waals surface area (Å²) in [6, 6.07) is 6.63. The number of carbonyl (C=O) groups is 5. The molecule has 13 heteroatoms. The summed E-state index contributed by atoms with van der Waals surface area (Å²) in [6.07, 6.45) is 3.89. The van der Waals surface area contributed by atoms with Crippen LogP contribution in [0.4, 0.5) is 13.6 Å². The topological polar surface area (TPSA) is 155 Å². The van der Waals surface area contributed by atoms with Gasteiger partial charge in [-0.3, -0.25) is 14.4 Å². The molecule has 1 heterocycles. The molecule has 248 valence electrons. The molecule has 5 N–H and O–H groups in total. The molecular formula is C33H41F2N5O6. The minimum absolute atomic E-state index is 0.149. The van der Waals surface area contributed by atoms with E-state index in [4.69, 9.17) is 4.74 Å². The first-order chi connectivity index (χ1) is 22.0. The number of methoxy groups -OCH3 is 1. The number of carbonyl (C=O) groups excluding carboxylic acids is 5. The molecule has 1 aliphatic heterocycles. The van der Waals surface area contributed by atoms with Crippen molar-refractivity contribution in [2.45, 2.75) is 70.1 Å². The van der Waals surface area contributed by atoms with Crippen molar-refractivity contribution >= 4 is 29.7 Å². The zero-order valence-corrected chi connectivity index (χ0v) is 26.1. The Kier molecular flexibility index (Phi) is 13.7. The van der Waals surface area contributed by atoms with Crippen LogP contribution < -0.4 is 26.6 Å². The van der Waals surface area contributed by atoms with E-state index in [0.29, 0.717) is 24.9 Å². The van der Waals surface area contributed by atoms with Gasteiger partial charge in [-0.2, -0.15) is 0 Å². The molecule has 5 amide bonds. The summed E-state index contributed by atoms with van der Waals surface area (Å²) >= 11 is 0. The molecule has 46 heavy (non-hydrogen) atoms. The summed E-state index contributed by atoms with van der Waals surface area (Å²) in [6.45, 7) is 3.75. The normalized spacial score (nSPS) is 19.3. The number of benzene rings is 2. The molecule has 0 aliphatic carbocycles. The maximum Gasteiger partial charge on any atom is 0.328 e. The van der Waals surface area contributed by atoms with Crippen LogP contribution in [0.2, 0.25) is 0 Å². The maximum absolute atomic E-state index is 14.6. The van der Waals surface area contributed by atoms with Gasteiger partial charge in [-0.05, 0) is 60.9 Å². The van der Waals surface area contributed by atoms with Crippen LogP contribution in [0.1, 0.15) is 44.2 Å². The minimum atomic E-state index is -1.33. The van der Waals surface area contributed by atoms with Gasteiger partial charge < -0.3 is 31.3 Å². The highest BCUT2D eigenvalue weighted by Gasteiger charge is 2.31. The molecule has 0 saturated carbocycles. The van der Waals surface area contributed by atoms with Gasteiger partial charge in [-0.15, -0.1) is 0 Å². The van der Waals surface area contributed by atoms with Crippen LogP contribution in [0, 0.1) is 17.6 Å². The van der Waals surface area contributed by atoms with Crippen LogP contribution in [0.3, 0.4) is 0 Å². The maximum atomic E-state index is 14.6. The van der Waals surface area contributed by atoms with Gasteiger partial charge >= 0.3 is 12.0 Å². The molecule has 3 rings (SSSR count). The van der Waals surface area contributed by atoms with Gasteiger partial charge in [-0.25, -0.2) is 18.4 Å². The van der Waals surface area contributed by atoms with E-state index in [1.807, 2.05) is 0 Å². The van der Waals surface area contributed by atoms with Gasteiger partial charge in [0.15, 0.2) is 0 Å². The summed E-state index contributed by atoms with van der Waals surface area (Å²) in [7, 11) is 1.19. The first-order valence-corrected chi connectivity index (χ1v) is 15.2. The van der Waals surface area contributed by atoms with Crippen molar-refractivity contribution in [3.05, 3.63) is 83.4 Å². The number of hydrogen-bond donors (Lipinski definition) is 5. The number of rotatable bonds is 10. The Balaban J connectivity index is 1.83. The molecule has 1 aliphatic rings. The largest absolute Gasteiger partial charge is 0.467 e. The van der Waals surface area contributed by atoms with E-state index in [1.165, 1.54) is 55.7 Å². The number of esters is 1. The molecule has 4 atom stereocenters. The molecule has 0 fully saturated rings. The SMILES string of the molecule is COC(=O)C(NC(=O)N[C@@H](Cc1ccccc1F)C(=O)N[C@H]1CCCCNC(=O)/C=C/[C@H](Cc2cccc(F)c2)NC1=O)C(C)C. The molecule has 2 aromatic rings. The Labute approximate surface area is 266 Å². The van der Waals surface area contributed by atoms with Crippen LogP contribution in [0.15, 0.2) is 60.7 Å². The van der Waals surface area contributed by atoms with E-state index in [-0.39, 0.29) is 36.7 Å². The number of nitrogens with one attached hydrogen (secondary N) is 5. The van der Waals surface area contributed by atoms with Crippen molar-refractivity contribution in [3.8, 4) is 0 Å². The van der Waals surface area contributed by atoms with Crippen LogP contribution >= 0.6 is 0 Å². The Hall–Kier alpha value is -4.81. The summed E-state index contributed by atoms with van der Waals surface area (Å²) < 4.78 is 33.2. The number of ether oxygens (including phenoxy) is 1. The van der Waals surface area contributed by atoms with Crippen LogP contribution in [0.5, 0.6) is 0 Å². The second-order valence-electron chi connectivity index (χ2n) is 11.4. The monoisotopic (exact) mass is 641 g/mol. The highest BCUT2D eigenvalue weighted by Crippen LogP contribution is 2.13. The van der Waals surface area contributed by atoms with Crippen LogP contribution in [0.25, 0.3) is 0 Å². The van der Waals surface area contributed by atoms with E-state index in [9.17, 15) is 32.8 Å². The lowest BCUT2D eigenvalue weighted by Gasteiger charge is -2.26. The van der Waals surface area contributed by atoms with Gasteiger partial charge in [0.2, 0.25) is 17.7 Å². The molecule has 1 unspecified atom stereocenters. The molecule has 0 saturated heterocycles. The standard InChI is InChI=1S/C33H41F2N5O6/c1-20(2)29(32(44)46-3)40-33(45)39-27(19-22-10-4-5-12-25(22)35)31(43)38-26-13-6-7-16-36-28(41)15-14-24(37-30(26)42)18-21-9-8-11-23(34)17-21/h4-5,8-12,14-15,17,20,24,26-27,29H,6-7,13,16,18-19H2,1-3H3,(H,36,41)(H,37,42)(H,38,43)(H2,39,40,45)/b15-14+/t24-,26+,27+,29?/m1/s1. The van der Waals surface area contributed by atoms with Crippen molar-refractivity contribution in [1.29, 1.82) is 0 Å². The van der Waals surface area contributed by atoms with Gasteiger partial charge in [0.25, 0.3) is 0 Å². The lowest BCUT2D eigenvalue weighted by atomic mass is 10.0. The van der Waals surface area contributed by atoms with Crippen molar-refractivity contribution in [2.24, 2.45) is 5.92 Å². The molecule has 0 aromatic heterocycles. The fourth-order valence-corrected chi connectivity index (χ4v) is 4.92. The predicted octanol–water partition coefficient (Wildman–Crippen LogP) is 2.44. The Bertz CT molecular complexity index is 1420. The number of halogens is 2. The quantitative estimate of drug-likeness (QED) is 0.251. The fraction of sp³-hybridized carbons (Fsp3) is 0.424. The summed E-state index contributed by atoms with van der Waals surface area (Å²) in [5, 5.41) is 13.3. The Morgan fingerprint density at radius 1 is 1.02 bits per heavy atom. The van der Waals surface area contributed by atoms with Crippen molar-refractivity contribution in [2.75, 3.05) is 13.7 Å². The molecule has 0 radical (unpaired) electrons. The highest BCUT2D eigenvalue weighted by atomic mass is 19.1. The van der Waals surface area contributed by atoms with E-state index in [2.05, 4.69) is 26.6 Å². The van der Waals surface area contributed by atoms with E-state index < -0.39 is 59.6 Å². The third kappa shape index (κ3) is 11.3. The summed E-state index contributed by atoms with van der Waals surface area (Å²) in [5.41, 5.74) is 0.727. The van der Waals surface area contributed by atoms with Gasteiger partial charge in [0, 0.05) is 19.0 Å². The smallest absolute Gasteiger partial charge is 0.328 e. The average Bonchev–Trinajstić information content (AvgIpc) is 3.01. The highest BCUT2D eigenvalue weighted by molar-refractivity contribution is 5.93. The fourth-order valence-electron chi connectivity index (χ4n) is 4.92. The Morgan fingerprint density at radius 2 is 1.78 bits per heavy atom. The summed E-state index contributed by atoms with van der Waals surface area (Å²) in [4.78, 5) is 64.6. The molecular weight excluding hydrogens is 600 g/mol. The molecule has 0 spiro atoms. The second kappa shape index (κ2) is 17.6. The zero-order valence-electron chi connectivity index (χ0n) is 26.1. The van der Waals surface area contributed by atoms with E-state index >= 15 is 0 Å². The first-order valence-electron chi connectivity index (χ1n) is 15.2. The number of amides is 5. The van der Waals surface area contributed by atoms with Crippen molar-refractivity contribution in [1.82, 2.24) is 26.6 Å². The van der Waals surface area contributed by atoms with E-state index in [0.717, 1.165) is 0 Å². The van der Waals surface area contributed by atoms with Gasteiger partial charge in [0.1, 0.15) is 29.8 Å². The van der Waals surface area contributed by atoms with E-state index in [1.54, 1.807) is 26.0 Å². The van der Waals surface area contributed by atoms with Gasteiger partial charge in [0.05, 0.1) is 13.2 Å². The van der Waals surface area contributed by atoms with Crippen molar-refractivity contribution < 1.29 is 37.5 Å². The molecule has 11 nitrogen and oxygen atoms in total. The van der Waals surface area contributed by atoms with Crippen LogP contribution in [-0.4, -0.2) is 67.5 Å². The summed E-state index contributed by atoms with van der Waals surface area (Å²) in [5.74, 6) is -3.70. The third-order valence-electron chi connectivity index (χ3n) is 7.42. The predicted molar refractivity (Wildman–Crippen MR) is 166 cm³/mol. The minimum Gasteiger partial charge on any atom is -0.467 e. The second-order valence-corrected chi connectivity index (χ2v) is 11.4. The number of hydrogen-bond acceptors (Lipinski definition) is 6. The number of urea groups is 1. The average molecular weight is 642 g/mol.